The summed E-state index contributed by atoms with van der Waals surface area (Å²) in [5.74, 6) is -1.01. The molecule has 0 spiro atoms. The SMILES string of the molecule is O=C(C=Cc1ccc(CN[C@H](CO)C(=O)OC2CCCC2)cc1)NO. The Morgan fingerprint density at radius 1 is 1.24 bits per heavy atom. The summed E-state index contributed by atoms with van der Waals surface area (Å²) in [6.45, 7) is 0.0920. The van der Waals surface area contributed by atoms with Gasteiger partial charge in [0.2, 0.25) is 0 Å². The first-order valence-corrected chi connectivity index (χ1v) is 8.38. The summed E-state index contributed by atoms with van der Waals surface area (Å²) in [5.41, 5.74) is 3.24. The lowest BCUT2D eigenvalue weighted by Crippen LogP contribution is -2.41. The number of nitrogens with one attached hydrogen (secondary N) is 2. The smallest absolute Gasteiger partial charge is 0.325 e. The summed E-state index contributed by atoms with van der Waals surface area (Å²) in [4.78, 5) is 23.0. The van der Waals surface area contributed by atoms with Gasteiger partial charge in [-0.2, -0.15) is 0 Å². The first-order chi connectivity index (χ1) is 12.1. The number of carbonyl (C=O) groups is 2. The van der Waals surface area contributed by atoms with E-state index in [1.54, 1.807) is 6.08 Å². The highest BCUT2D eigenvalue weighted by molar-refractivity contribution is 5.90. The molecule has 4 N–H and O–H groups in total. The van der Waals surface area contributed by atoms with Crippen LogP contribution in [0.2, 0.25) is 0 Å². The van der Waals surface area contributed by atoms with Gasteiger partial charge in [-0.3, -0.25) is 20.1 Å². The Hall–Kier alpha value is -2.22. The fourth-order valence-electron chi connectivity index (χ4n) is 2.67. The third kappa shape index (κ3) is 6.30. The van der Waals surface area contributed by atoms with E-state index in [1.807, 2.05) is 24.3 Å². The van der Waals surface area contributed by atoms with Gasteiger partial charge in [0.05, 0.1) is 6.61 Å². The van der Waals surface area contributed by atoms with Crippen LogP contribution in [0.1, 0.15) is 36.8 Å². The molecule has 7 heteroatoms. The van der Waals surface area contributed by atoms with Crippen LogP contribution in [-0.2, 0) is 20.9 Å². The van der Waals surface area contributed by atoms with Crippen molar-refractivity contribution in [3.05, 3.63) is 41.5 Å². The van der Waals surface area contributed by atoms with Gasteiger partial charge in [-0.15, -0.1) is 0 Å². The average Bonchev–Trinajstić information content (AvgIpc) is 3.14. The summed E-state index contributed by atoms with van der Waals surface area (Å²) in [7, 11) is 0. The number of aliphatic hydroxyl groups is 1. The topological polar surface area (TPSA) is 108 Å². The van der Waals surface area contributed by atoms with E-state index >= 15 is 0 Å². The number of benzene rings is 1. The molecular weight excluding hydrogens is 324 g/mol. The molecule has 1 aliphatic carbocycles. The van der Waals surface area contributed by atoms with Gasteiger partial charge in [0, 0.05) is 12.6 Å². The number of carbonyl (C=O) groups excluding carboxylic acids is 2. The molecule has 1 aliphatic rings. The lowest BCUT2D eigenvalue weighted by Gasteiger charge is -2.18. The lowest BCUT2D eigenvalue weighted by molar-refractivity contribution is -0.152. The van der Waals surface area contributed by atoms with E-state index in [0.29, 0.717) is 6.54 Å². The molecule has 1 saturated carbocycles. The van der Waals surface area contributed by atoms with Crippen molar-refractivity contribution in [1.82, 2.24) is 10.8 Å². The number of hydroxylamine groups is 1. The molecule has 2 rings (SSSR count). The molecule has 0 aliphatic heterocycles. The molecular formula is C18H24N2O5. The number of ether oxygens (including phenoxy) is 1. The monoisotopic (exact) mass is 348 g/mol. The fraction of sp³-hybridized carbons (Fsp3) is 0.444. The maximum absolute atomic E-state index is 12.1. The first kappa shape index (κ1) is 19.1. The maximum atomic E-state index is 12.1. The quantitative estimate of drug-likeness (QED) is 0.243. The van der Waals surface area contributed by atoms with Crippen LogP contribution in [0.4, 0.5) is 0 Å². The largest absolute Gasteiger partial charge is 0.461 e. The predicted molar refractivity (Wildman–Crippen MR) is 91.5 cm³/mol. The molecule has 25 heavy (non-hydrogen) atoms. The summed E-state index contributed by atoms with van der Waals surface area (Å²) in [6, 6.07) is 6.57. The van der Waals surface area contributed by atoms with Crippen molar-refractivity contribution in [2.75, 3.05) is 6.61 Å². The Morgan fingerprint density at radius 3 is 2.52 bits per heavy atom. The Kier molecular flexibility index (Phi) is 7.59. The molecule has 1 fully saturated rings. The van der Waals surface area contributed by atoms with Gasteiger partial charge < -0.3 is 9.84 Å². The zero-order chi connectivity index (χ0) is 18.1. The van der Waals surface area contributed by atoms with Gasteiger partial charge in [-0.05, 0) is 42.9 Å². The summed E-state index contributed by atoms with van der Waals surface area (Å²) in [6.07, 6.45) is 6.71. The molecule has 0 saturated heterocycles. The molecule has 0 radical (unpaired) electrons. The second kappa shape index (κ2) is 9.93. The average molecular weight is 348 g/mol. The van der Waals surface area contributed by atoms with Gasteiger partial charge in [-0.25, -0.2) is 5.48 Å². The zero-order valence-electron chi connectivity index (χ0n) is 14.0. The van der Waals surface area contributed by atoms with E-state index < -0.39 is 17.9 Å². The lowest BCUT2D eigenvalue weighted by atomic mass is 10.1. The van der Waals surface area contributed by atoms with Crippen molar-refractivity contribution in [2.24, 2.45) is 0 Å². The first-order valence-electron chi connectivity index (χ1n) is 8.38. The minimum atomic E-state index is -0.742. The van der Waals surface area contributed by atoms with Crippen molar-refractivity contribution in [2.45, 2.75) is 44.4 Å². The number of hydrogen-bond donors (Lipinski definition) is 4. The van der Waals surface area contributed by atoms with Crippen molar-refractivity contribution in [1.29, 1.82) is 0 Å². The van der Waals surface area contributed by atoms with E-state index in [2.05, 4.69) is 5.32 Å². The van der Waals surface area contributed by atoms with Crippen molar-refractivity contribution >= 4 is 18.0 Å². The Morgan fingerprint density at radius 2 is 1.92 bits per heavy atom. The zero-order valence-corrected chi connectivity index (χ0v) is 14.0. The van der Waals surface area contributed by atoms with E-state index in [1.165, 1.54) is 11.6 Å². The summed E-state index contributed by atoms with van der Waals surface area (Å²) < 4.78 is 5.41. The number of hydrogen-bond acceptors (Lipinski definition) is 6. The van der Waals surface area contributed by atoms with Crippen LogP contribution in [0.15, 0.2) is 30.3 Å². The number of amides is 1. The van der Waals surface area contributed by atoms with Gasteiger partial charge in [0.1, 0.15) is 12.1 Å². The molecule has 1 atom stereocenters. The van der Waals surface area contributed by atoms with Crippen molar-refractivity contribution < 1.29 is 24.6 Å². The molecule has 0 unspecified atom stereocenters. The molecule has 0 bridgehead atoms. The maximum Gasteiger partial charge on any atom is 0.325 e. The van der Waals surface area contributed by atoms with Crippen LogP contribution in [0.5, 0.6) is 0 Å². The summed E-state index contributed by atoms with van der Waals surface area (Å²) >= 11 is 0. The molecule has 0 aromatic heterocycles. The van der Waals surface area contributed by atoms with Gasteiger partial charge >= 0.3 is 5.97 Å². The highest BCUT2D eigenvalue weighted by Gasteiger charge is 2.24. The molecule has 1 aromatic rings. The van der Waals surface area contributed by atoms with E-state index in [0.717, 1.165) is 36.8 Å². The Balaban J connectivity index is 1.82. The minimum absolute atomic E-state index is 0.0226. The van der Waals surface area contributed by atoms with Crippen LogP contribution in [-0.4, -0.2) is 40.9 Å². The number of esters is 1. The summed E-state index contributed by atoms with van der Waals surface area (Å²) in [5, 5.41) is 20.8. The Bertz CT molecular complexity index is 594. The standard InChI is InChI=1S/C18H24N2O5/c21-12-16(18(23)25-15-3-1-2-4-15)19-11-14-7-5-13(6-8-14)9-10-17(22)20-24/h5-10,15-16,19,21,24H,1-4,11-12H2,(H,20,22)/t16-/m1/s1. The predicted octanol–water partition coefficient (Wildman–Crippen LogP) is 1.14. The van der Waals surface area contributed by atoms with Crippen LogP contribution in [0, 0.1) is 0 Å². The third-order valence-electron chi connectivity index (χ3n) is 4.12. The van der Waals surface area contributed by atoms with Crippen molar-refractivity contribution in [3.63, 3.8) is 0 Å². The van der Waals surface area contributed by atoms with E-state index in [9.17, 15) is 14.7 Å². The third-order valence-corrected chi connectivity index (χ3v) is 4.12. The minimum Gasteiger partial charge on any atom is -0.461 e. The number of aliphatic hydroxyl groups excluding tert-OH is 1. The normalized spacial score (nSPS) is 16.1. The van der Waals surface area contributed by atoms with Crippen LogP contribution in [0.25, 0.3) is 6.08 Å². The molecule has 7 nitrogen and oxygen atoms in total. The van der Waals surface area contributed by atoms with Crippen LogP contribution < -0.4 is 10.8 Å². The second-order valence-corrected chi connectivity index (χ2v) is 6.01. The van der Waals surface area contributed by atoms with Gasteiger partial charge in [-0.1, -0.05) is 24.3 Å². The van der Waals surface area contributed by atoms with Crippen LogP contribution >= 0.6 is 0 Å². The second-order valence-electron chi connectivity index (χ2n) is 6.01. The van der Waals surface area contributed by atoms with E-state index in [-0.39, 0.29) is 12.7 Å². The van der Waals surface area contributed by atoms with Gasteiger partial charge in [0.25, 0.3) is 5.91 Å². The number of rotatable bonds is 8. The van der Waals surface area contributed by atoms with Crippen LogP contribution in [0.3, 0.4) is 0 Å². The highest BCUT2D eigenvalue weighted by atomic mass is 16.5. The fourth-order valence-corrected chi connectivity index (χ4v) is 2.67. The molecule has 1 aromatic carbocycles. The highest BCUT2D eigenvalue weighted by Crippen LogP contribution is 2.21. The van der Waals surface area contributed by atoms with Gasteiger partial charge in [0.15, 0.2) is 0 Å². The van der Waals surface area contributed by atoms with E-state index in [4.69, 9.17) is 9.94 Å². The molecule has 136 valence electrons. The van der Waals surface area contributed by atoms with Crippen molar-refractivity contribution in [3.8, 4) is 0 Å². The molecule has 1 amide bonds. The Labute approximate surface area is 146 Å². The molecule has 0 heterocycles.